The summed E-state index contributed by atoms with van der Waals surface area (Å²) in [4.78, 5) is 12.8. The van der Waals surface area contributed by atoms with Crippen molar-refractivity contribution >= 4 is 26.9 Å². The normalized spacial score (nSPS) is 13.3. The SMILES string of the molecule is CS(=O)(=O)Nc1cnc2cc(-c3ccc(Oc4cnc(OC5CC5)c(C#N)c4)cc3)ccc2n1. The summed E-state index contributed by atoms with van der Waals surface area (Å²) < 4.78 is 36.6. The van der Waals surface area contributed by atoms with E-state index in [0.29, 0.717) is 34.0 Å². The molecule has 2 aromatic heterocycles. The van der Waals surface area contributed by atoms with E-state index in [0.717, 1.165) is 30.2 Å². The van der Waals surface area contributed by atoms with Gasteiger partial charge in [0, 0.05) is 6.07 Å². The molecule has 2 aromatic carbocycles. The molecule has 9 nitrogen and oxygen atoms in total. The van der Waals surface area contributed by atoms with E-state index in [1.54, 1.807) is 18.3 Å². The van der Waals surface area contributed by atoms with Crippen LogP contribution in [0.15, 0.2) is 60.9 Å². The van der Waals surface area contributed by atoms with E-state index in [2.05, 4.69) is 25.7 Å². The second-order valence-electron chi connectivity index (χ2n) is 7.91. The molecule has 0 saturated heterocycles. The first-order valence-electron chi connectivity index (χ1n) is 10.5. The van der Waals surface area contributed by atoms with Crippen molar-refractivity contribution in [3.63, 3.8) is 0 Å². The predicted molar refractivity (Wildman–Crippen MR) is 126 cm³/mol. The minimum Gasteiger partial charge on any atom is -0.473 e. The van der Waals surface area contributed by atoms with Gasteiger partial charge in [-0.15, -0.1) is 0 Å². The summed E-state index contributed by atoms with van der Waals surface area (Å²) in [6, 6.07) is 16.7. The topological polar surface area (TPSA) is 127 Å². The van der Waals surface area contributed by atoms with E-state index in [1.165, 1.54) is 6.20 Å². The molecule has 34 heavy (non-hydrogen) atoms. The summed E-state index contributed by atoms with van der Waals surface area (Å²) in [7, 11) is -3.42. The van der Waals surface area contributed by atoms with Gasteiger partial charge in [0.15, 0.2) is 5.82 Å². The van der Waals surface area contributed by atoms with Crippen LogP contribution in [0, 0.1) is 11.3 Å². The first kappa shape index (κ1) is 21.6. The molecule has 0 radical (unpaired) electrons. The monoisotopic (exact) mass is 473 g/mol. The molecule has 4 aromatic rings. The van der Waals surface area contributed by atoms with Crippen molar-refractivity contribution in [1.29, 1.82) is 5.26 Å². The number of sulfonamides is 1. The number of nitriles is 1. The number of fused-ring (bicyclic) bond motifs is 1. The van der Waals surface area contributed by atoms with E-state index in [1.807, 2.05) is 36.4 Å². The third-order valence-electron chi connectivity index (χ3n) is 5.00. The maximum absolute atomic E-state index is 11.4. The fourth-order valence-corrected chi connectivity index (χ4v) is 3.77. The number of pyridine rings is 1. The van der Waals surface area contributed by atoms with Gasteiger partial charge in [-0.05, 0) is 48.2 Å². The lowest BCUT2D eigenvalue weighted by molar-refractivity contribution is 0.289. The van der Waals surface area contributed by atoms with Gasteiger partial charge in [0.1, 0.15) is 29.2 Å². The number of benzene rings is 2. The predicted octanol–water partition coefficient (Wildman–Crippen LogP) is 4.27. The fourth-order valence-electron chi connectivity index (χ4n) is 3.29. The second-order valence-corrected chi connectivity index (χ2v) is 9.66. The molecule has 1 aliphatic carbocycles. The van der Waals surface area contributed by atoms with Crippen LogP contribution in [-0.2, 0) is 10.0 Å². The van der Waals surface area contributed by atoms with Crippen LogP contribution in [0.25, 0.3) is 22.2 Å². The molecule has 0 spiro atoms. The minimum absolute atomic E-state index is 0.159. The van der Waals surface area contributed by atoms with Crippen molar-refractivity contribution in [2.24, 2.45) is 0 Å². The highest BCUT2D eigenvalue weighted by Gasteiger charge is 2.25. The third kappa shape index (κ3) is 5.05. The van der Waals surface area contributed by atoms with Crippen LogP contribution in [-0.4, -0.2) is 35.7 Å². The maximum atomic E-state index is 11.4. The standard InChI is InChI=1S/C24H19N5O4S/c1-34(30,31)29-23-14-26-22-11-16(4-9-21(22)28-23)15-2-5-18(6-3-15)32-20-10-17(12-25)24(27-13-20)33-19-7-8-19/h2-6,9-11,13-14,19H,7-8H2,1H3,(H,28,29). The molecule has 1 N–H and O–H groups in total. The summed E-state index contributed by atoms with van der Waals surface area (Å²) in [5, 5.41) is 9.38. The van der Waals surface area contributed by atoms with Crippen molar-refractivity contribution < 1.29 is 17.9 Å². The van der Waals surface area contributed by atoms with Gasteiger partial charge >= 0.3 is 0 Å². The Hall–Kier alpha value is -4.23. The molecule has 1 fully saturated rings. The van der Waals surface area contributed by atoms with Crippen molar-refractivity contribution in [1.82, 2.24) is 15.0 Å². The average Bonchev–Trinajstić information content (AvgIpc) is 3.63. The Bertz CT molecular complexity index is 1530. The molecule has 1 saturated carbocycles. The van der Waals surface area contributed by atoms with Gasteiger partial charge in [-0.25, -0.2) is 18.4 Å². The lowest BCUT2D eigenvalue weighted by Gasteiger charge is -2.10. The van der Waals surface area contributed by atoms with Crippen LogP contribution >= 0.6 is 0 Å². The summed E-state index contributed by atoms with van der Waals surface area (Å²) in [5.74, 6) is 1.56. The average molecular weight is 474 g/mol. The van der Waals surface area contributed by atoms with Crippen LogP contribution in [0.4, 0.5) is 5.82 Å². The molecule has 0 atom stereocenters. The molecular formula is C24H19N5O4S. The van der Waals surface area contributed by atoms with Crippen LogP contribution in [0.2, 0.25) is 0 Å². The van der Waals surface area contributed by atoms with Crippen molar-refractivity contribution in [3.8, 4) is 34.6 Å². The molecule has 2 heterocycles. The third-order valence-corrected chi connectivity index (χ3v) is 5.58. The Morgan fingerprint density at radius 2 is 1.74 bits per heavy atom. The van der Waals surface area contributed by atoms with Crippen molar-refractivity contribution in [2.75, 3.05) is 11.0 Å². The summed E-state index contributed by atoms with van der Waals surface area (Å²) in [5.41, 5.74) is 3.42. The molecule has 170 valence electrons. The molecule has 5 rings (SSSR count). The number of rotatable bonds is 7. The van der Waals surface area contributed by atoms with Gasteiger partial charge in [0.05, 0.1) is 29.7 Å². The van der Waals surface area contributed by atoms with Gasteiger partial charge in [-0.2, -0.15) is 5.26 Å². The number of nitrogens with one attached hydrogen (secondary N) is 1. The number of anilines is 1. The van der Waals surface area contributed by atoms with Crippen LogP contribution < -0.4 is 14.2 Å². The Morgan fingerprint density at radius 1 is 0.971 bits per heavy atom. The molecular weight excluding hydrogens is 454 g/mol. The maximum Gasteiger partial charge on any atom is 0.232 e. The number of nitrogens with zero attached hydrogens (tertiary/aromatic N) is 4. The van der Waals surface area contributed by atoms with E-state index < -0.39 is 10.0 Å². The smallest absolute Gasteiger partial charge is 0.232 e. The zero-order valence-corrected chi connectivity index (χ0v) is 18.9. The number of aromatic nitrogens is 3. The minimum atomic E-state index is -3.42. The Labute approximate surface area is 196 Å². The molecule has 0 unspecified atom stereocenters. The van der Waals surface area contributed by atoms with Gasteiger partial charge < -0.3 is 9.47 Å². The van der Waals surface area contributed by atoms with Crippen LogP contribution in [0.5, 0.6) is 17.4 Å². The number of hydrogen-bond acceptors (Lipinski definition) is 8. The lowest BCUT2D eigenvalue weighted by atomic mass is 10.0. The van der Waals surface area contributed by atoms with E-state index in [-0.39, 0.29) is 11.9 Å². The molecule has 1 aliphatic rings. The van der Waals surface area contributed by atoms with Gasteiger partial charge in [0.2, 0.25) is 15.9 Å². The highest BCUT2D eigenvalue weighted by Crippen LogP contribution is 2.31. The molecule has 0 amide bonds. The van der Waals surface area contributed by atoms with Gasteiger partial charge in [-0.3, -0.25) is 9.71 Å². The molecule has 0 aliphatic heterocycles. The van der Waals surface area contributed by atoms with E-state index in [4.69, 9.17) is 9.47 Å². The Kier molecular flexibility index (Phi) is 5.47. The quantitative estimate of drug-likeness (QED) is 0.422. The Balaban J connectivity index is 1.32. The number of ether oxygens (including phenoxy) is 2. The van der Waals surface area contributed by atoms with E-state index >= 15 is 0 Å². The van der Waals surface area contributed by atoms with Crippen molar-refractivity contribution in [2.45, 2.75) is 18.9 Å². The first-order chi connectivity index (χ1) is 16.4. The van der Waals surface area contributed by atoms with Crippen LogP contribution in [0.1, 0.15) is 18.4 Å². The summed E-state index contributed by atoms with van der Waals surface area (Å²) in [6.45, 7) is 0. The van der Waals surface area contributed by atoms with Crippen LogP contribution in [0.3, 0.4) is 0 Å². The van der Waals surface area contributed by atoms with Gasteiger partial charge in [0.25, 0.3) is 0 Å². The largest absolute Gasteiger partial charge is 0.473 e. The first-order valence-corrected chi connectivity index (χ1v) is 12.4. The summed E-state index contributed by atoms with van der Waals surface area (Å²) in [6.07, 6.45) is 6.12. The number of hydrogen-bond donors (Lipinski definition) is 1. The molecule has 10 heteroatoms. The highest BCUT2D eigenvalue weighted by molar-refractivity contribution is 7.92. The highest BCUT2D eigenvalue weighted by atomic mass is 32.2. The fraction of sp³-hybridized carbons (Fsp3) is 0.167. The summed E-state index contributed by atoms with van der Waals surface area (Å²) >= 11 is 0. The second kappa shape index (κ2) is 8.61. The lowest BCUT2D eigenvalue weighted by Crippen LogP contribution is -2.11. The molecule has 0 bridgehead atoms. The zero-order valence-electron chi connectivity index (χ0n) is 18.1. The van der Waals surface area contributed by atoms with E-state index in [9.17, 15) is 13.7 Å². The van der Waals surface area contributed by atoms with Gasteiger partial charge in [-0.1, -0.05) is 18.2 Å². The Morgan fingerprint density at radius 3 is 2.44 bits per heavy atom. The van der Waals surface area contributed by atoms with Crippen molar-refractivity contribution in [3.05, 3.63) is 66.5 Å². The zero-order chi connectivity index (χ0) is 23.7.